The number of nitrogens with zero attached hydrogens (tertiary/aromatic N) is 1. The molecule has 0 unspecified atom stereocenters. The number of para-hydroxylation sites is 1. The normalized spacial score (nSPS) is 18.2. The minimum absolute atomic E-state index is 0.144. The zero-order valence-electron chi connectivity index (χ0n) is 16.3. The molecule has 6 nitrogen and oxygen atoms in total. The summed E-state index contributed by atoms with van der Waals surface area (Å²) in [5.41, 5.74) is 2.45. The first kappa shape index (κ1) is 19.5. The van der Waals surface area contributed by atoms with Crippen LogP contribution >= 0.6 is 0 Å². The Morgan fingerprint density at radius 2 is 1.90 bits per heavy atom. The molecule has 152 valence electrons. The third-order valence-corrected chi connectivity index (χ3v) is 5.29. The van der Waals surface area contributed by atoms with Crippen LogP contribution in [0.2, 0.25) is 0 Å². The quantitative estimate of drug-likeness (QED) is 0.702. The van der Waals surface area contributed by atoms with E-state index in [1.165, 1.54) is 0 Å². The number of anilines is 1. The Hall–Kier alpha value is -2.86. The third kappa shape index (κ3) is 4.77. The molecule has 1 saturated heterocycles. The van der Waals surface area contributed by atoms with Crippen LogP contribution in [0.1, 0.15) is 35.2 Å². The SMILES string of the molecule is O=C(OCC(=O)N1CCCc2ccccc21)c1ccc(OC[C@@H]2CCCO2)cc1. The molecule has 0 aromatic heterocycles. The third-order valence-electron chi connectivity index (χ3n) is 5.29. The highest BCUT2D eigenvalue weighted by Gasteiger charge is 2.23. The van der Waals surface area contributed by atoms with Crippen molar-refractivity contribution in [3.63, 3.8) is 0 Å². The fourth-order valence-corrected chi connectivity index (χ4v) is 3.73. The standard InChI is InChI=1S/C23H25NO5/c25-22(24-13-3-6-17-5-1-2-8-21(17)24)16-29-23(26)18-9-11-19(12-10-18)28-15-20-7-4-14-27-20/h1-2,5,8-12,20H,3-4,6-7,13-16H2/t20-/m0/s1. The summed E-state index contributed by atoms with van der Waals surface area (Å²) >= 11 is 0. The first-order valence-electron chi connectivity index (χ1n) is 10.1. The molecule has 1 amide bonds. The van der Waals surface area contributed by atoms with Gasteiger partial charge in [-0.25, -0.2) is 4.79 Å². The van der Waals surface area contributed by atoms with Crippen LogP contribution in [0.5, 0.6) is 5.75 Å². The first-order valence-corrected chi connectivity index (χ1v) is 10.1. The average Bonchev–Trinajstić information content (AvgIpc) is 3.29. The van der Waals surface area contributed by atoms with Gasteiger partial charge < -0.3 is 19.1 Å². The van der Waals surface area contributed by atoms with E-state index in [-0.39, 0.29) is 18.6 Å². The maximum Gasteiger partial charge on any atom is 0.338 e. The van der Waals surface area contributed by atoms with Crippen LogP contribution < -0.4 is 9.64 Å². The second kappa shape index (κ2) is 9.09. The molecule has 1 atom stereocenters. The molecule has 2 heterocycles. The van der Waals surface area contributed by atoms with Gasteiger partial charge in [-0.1, -0.05) is 18.2 Å². The summed E-state index contributed by atoms with van der Waals surface area (Å²) in [4.78, 5) is 26.6. The van der Waals surface area contributed by atoms with E-state index in [0.717, 1.165) is 43.5 Å². The van der Waals surface area contributed by atoms with Crippen molar-refractivity contribution in [2.45, 2.75) is 31.8 Å². The minimum Gasteiger partial charge on any atom is -0.491 e. The number of rotatable bonds is 6. The second-order valence-corrected chi connectivity index (χ2v) is 7.32. The Morgan fingerprint density at radius 1 is 1.07 bits per heavy atom. The molecule has 0 radical (unpaired) electrons. The van der Waals surface area contributed by atoms with E-state index in [1.807, 2.05) is 24.3 Å². The maximum absolute atomic E-state index is 12.6. The Balaban J connectivity index is 1.29. The highest BCUT2D eigenvalue weighted by molar-refractivity contribution is 5.98. The summed E-state index contributed by atoms with van der Waals surface area (Å²) in [5.74, 6) is -0.0469. The molecule has 4 rings (SSSR count). The lowest BCUT2D eigenvalue weighted by molar-refractivity contribution is -0.121. The number of benzene rings is 2. The van der Waals surface area contributed by atoms with Crippen LogP contribution in [-0.2, 0) is 20.7 Å². The Kier molecular flexibility index (Phi) is 6.10. The van der Waals surface area contributed by atoms with Crippen molar-refractivity contribution >= 4 is 17.6 Å². The van der Waals surface area contributed by atoms with Crippen LogP contribution in [0.3, 0.4) is 0 Å². The second-order valence-electron chi connectivity index (χ2n) is 7.32. The van der Waals surface area contributed by atoms with E-state index >= 15 is 0 Å². The van der Waals surface area contributed by atoms with Gasteiger partial charge in [0.2, 0.25) is 0 Å². The molecular weight excluding hydrogens is 370 g/mol. The molecule has 2 aromatic rings. The number of hydrogen-bond donors (Lipinski definition) is 0. The lowest BCUT2D eigenvalue weighted by atomic mass is 10.0. The van der Waals surface area contributed by atoms with E-state index in [0.29, 0.717) is 24.5 Å². The number of hydrogen-bond acceptors (Lipinski definition) is 5. The number of carbonyl (C=O) groups excluding carboxylic acids is 2. The van der Waals surface area contributed by atoms with Crippen LogP contribution in [0.4, 0.5) is 5.69 Å². The van der Waals surface area contributed by atoms with Crippen LogP contribution in [-0.4, -0.2) is 44.3 Å². The van der Waals surface area contributed by atoms with Gasteiger partial charge in [-0.15, -0.1) is 0 Å². The number of esters is 1. The van der Waals surface area contributed by atoms with Gasteiger partial charge in [0.15, 0.2) is 6.61 Å². The summed E-state index contributed by atoms with van der Waals surface area (Å²) in [6.45, 7) is 1.67. The fraction of sp³-hybridized carbons (Fsp3) is 0.391. The Labute approximate surface area is 170 Å². The fourth-order valence-electron chi connectivity index (χ4n) is 3.73. The van der Waals surface area contributed by atoms with Crippen molar-refractivity contribution in [1.82, 2.24) is 0 Å². The molecule has 0 spiro atoms. The summed E-state index contributed by atoms with van der Waals surface area (Å²) < 4.78 is 16.5. The van der Waals surface area contributed by atoms with E-state index in [9.17, 15) is 9.59 Å². The molecule has 6 heteroatoms. The summed E-state index contributed by atoms with van der Waals surface area (Å²) in [5, 5.41) is 0. The Morgan fingerprint density at radius 3 is 2.69 bits per heavy atom. The van der Waals surface area contributed by atoms with Crippen molar-refractivity contribution in [2.75, 3.05) is 31.3 Å². The molecule has 1 fully saturated rings. The van der Waals surface area contributed by atoms with Crippen molar-refractivity contribution < 1.29 is 23.8 Å². The molecule has 2 aliphatic heterocycles. The molecule has 0 bridgehead atoms. The topological polar surface area (TPSA) is 65.1 Å². The molecule has 2 aromatic carbocycles. The van der Waals surface area contributed by atoms with Crippen LogP contribution in [0, 0.1) is 0 Å². The lowest BCUT2D eigenvalue weighted by Crippen LogP contribution is -2.38. The number of ether oxygens (including phenoxy) is 3. The van der Waals surface area contributed by atoms with Gasteiger partial charge in [-0.3, -0.25) is 4.79 Å². The van der Waals surface area contributed by atoms with Gasteiger partial charge in [-0.2, -0.15) is 0 Å². The predicted octanol–water partition coefficient (Wildman–Crippen LogP) is 3.38. The zero-order chi connectivity index (χ0) is 20.1. The Bertz CT molecular complexity index is 858. The van der Waals surface area contributed by atoms with Gasteiger partial charge in [-0.05, 0) is 61.6 Å². The van der Waals surface area contributed by atoms with Gasteiger partial charge >= 0.3 is 5.97 Å². The highest BCUT2D eigenvalue weighted by Crippen LogP contribution is 2.26. The molecule has 0 aliphatic carbocycles. The predicted molar refractivity (Wildman–Crippen MR) is 108 cm³/mol. The van der Waals surface area contributed by atoms with Gasteiger partial charge in [0.05, 0.1) is 11.7 Å². The van der Waals surface area contributed by atoms with Crippen molar-refractivity contribution in [3.05, 3.63) is 59.7 Å². The van der Waals surface area contributed by atoms with Crippen LogP contribution in [0.25, 0.3) is 0 Å². The monoisotopic (exact) mass is 395 g/mol. The molecule has 0 saturated carbocycles. The van der Waals surface area contributed by atoms with E-state index in [2.05, 4.69) is 0 Å². The summed E-state index contributed by atoms with van der Waals surface area (Å²) in [7, 11) is 0. The van der Waals surface area contributed by atoms with E-state index in [1.54, 1.807) is 29.2 Å². The van der Waals surface area contributed by atoms with Gasteiger partial charge in [0.25, 0.3) is 5.91 Å². The number of aryl methyl sites for hydroxylation is 1. The van der Waals surface area contributed by atoms with Gasteiger partial charge in [0.1, 0.15) is 12.4 Å². The number of fused-ring (bicyclic) bond motifs is 1. The molecule has 0 N–H and O–H groups in total. The van der Waals surface area contributed by atoms with E-state index < -0.39 is 5.97 Å². The largest absolute Gasteiger partial charge is 0.491 e. The molecule has 2 aliphatic rings. The number of amides is 1. The van der Waals surface area contributed by atoms with Gasteiger partial charge in [0, 0.05) is 18.8 Å². The van der Waals surface area contributed by atoms with Crippen LogP contribution in [0.15, 0.2) is 48.5 Å². The highest BCUT2D eigenvalue weighted by atomic mass is 16.5. The van der Waals surface area contributed by atoms with Crippen molar-refractivity contribution in [1.29, 1.82) is 0 Å². The van der Waals surface area contributed by atoms with E-state index in [4.69, 9.17) is 14.2 Å². The lowest BCUT2D eigenvalue weighted by Gasteiger charge is -2.29. The van der Waals surface area contributed by atoms with Crippen molar-refractivity contribution in [3.8, 4) is 5.75 Å². The van der Waals surface area contributed by atoms with Crippen molar-refractivity contribution in [2.24, 2.45) is 0 Å². The number of carbonyl (C=O) groups is 2. The molecule has 29 heavy (non-hydrogen) atoms. The average molecular weight is 395 g/mol. The minimum atomic E-state index is -0.519. The first-order chi connectivity index (χ1) is 14.2. The summed E-state index contributed by atoms with van der Waals surface area (Å²) in [6.07, 6.45) is 4.09. The maximum atomic E-state index is 12.6. The summed E-state index contributed by atoms with van der Waals surface area (Å²) in [6, 6.07) is 14.6. The smallest absolute Gasteiger partial charge is 0.338 e. The molecular formula is C23H25NO5. The zero-order valence-corrected chi connectivity index (χ0v) is 16.3.